The lowest BCUT2D eigenvalue weighted by Gasteiger charge is -2.14. The van der Waals surface area contributed by atoms with Gasteiger partial charge in [-0.25, -0.2) is 0 Å². The molecule has 1 amide bonds. The topological polar surface area (TPSA) is 29.1 Å². The summed E-state index contributed by atoms with van der Waals surface area (Å²) in [4.78, 5) is 12.3. The Morgan fingerprint density at radius 3 is 1.88 bits per heavy atom. The summed E-state index contributed by atoms with van der Waals surface area (Å²) in [5.41, 5.74) is 6.64. The number of carbonyl (C=O) groups excluding carboxylic acids is 1. The number of carbonyl (C=O) groups is 1. The average Bonchev–Trinajstić information content (AvgIpc) is 2.72. The molecule has 0 aliphatic heterocycles. The molecule has 0 bridgehead atoms. The maximum Gasteiger partial charge on any atom is 0.251 e. The maximum atomic E-state index is 12.3. The summed E-state index contributed by atoms with van der Waals surface area (Å²) in [6, 6.07) is 27.9. The molecule has 1 N–H and O–H groups in total. The molecule has 0 aliphatic carbocycles. The second-order valence-electron chi connectivity index (χ2n) is 6.32. The first-order valence-corrected chi connectivity index (χ1v) is 8.81. The van der Waals surface area contributed by atoms with Gasteiger partial charge in [-0.3, -0.25) is 4.79 Å². The molecular formula is C24H23NO. The Balaban J connectivity index is 1.83. The van der Waals surface area contributed by atoms with Gasteiger partial charge in [-0.2, -0.15) is 0 Å². The first-order valence-electron chi connectivity index (χ1n) is 8.81. The molecule has 3 rings (SSSR count). The van der Waals surface area contributed by atoms with Crippen LogP contribution in [0.5, 0.6) is 0 Å². The van der Waals surface area contributed by atoms with E-state index in [1.165, 1.54) is 22.3 Å². The molecule has 2 heteroatoms. The molecule has 0 saturated carbocycles. The highest BCUT2D eigenvalue weighted by Crippen LogP contribution is 2.27. The van der Waals surface area contributed by atoms with E-state index in [4.69, 9.17) is 0 Å². The Labute approximate surface area is 155 Å². The van der Waals surface area contributed by atoms with Crippen LogP contribution in [-0.2, 0) is 6.54 Å². The summed E-state index contributed by atoms with van der Waals surface area (Å²) >= 11 is 0. The Kier molecular flexibility index (Phi) is 5.65. The molecule has 0 aliphatic rings. The van der Waals surface area contributed by atoms with Crippen molar-refractivity contribution in [3.63, 3.8) is 0 Å². The molecule has 2 nitrogen and oxygen atoms in total. The predicted molar refractivity (Wildman–Crippen MR) is 109 cm³/mol. The number of hydrogen-bond acceptors (Lipinski definition) is 1. The lowest BCUT2D eigenvalue weighted by Crippen LogP contribution is -2.23. The van der Waals surface area contributed by atoms with Crippen LogP contribution in [-0.4, -0.2) is 5.91 Å². The molecular weight excluding hydrogens is 318 g/mol. The van der Waals surface area contributed by atoms with E-state index in [2.05, 4.69) is 55.6 Å². The Bertz CT molecular complexity index is 911. The zero-order valence-electron chi connectivity index (χ0n) is 15.2. The molecule has 0 radical (unpaired) electrons. The minimum atomic E-state index is -0.0539. The standard InChI is InChI=1S/C24H23NO/c1-18(20-11-5-3-6-12-20)19(2)23-16-10-9-15-22(23)17-25-24(26)21-13-7-4-8-14-21/h3-16H,17H2,1-2H3,(H,25,26)/b19-18+. The minimum absolute atomic E-state index is 0.0539. The molecule has 3 aromatic carbocycles. The summed E-state index contributed by atoms with van der Waals surface area (Å²) in [7, 11) is 0. The molecule has 0 spiro atoms. The van der Waals surface area contributed by atoms with Gasteiger partial charge in [-0.1, -0.05) is 72.8 Å². The monoisotopic (exact) mass is 341 g/mol. The van der Waals surface area contributed by atoms with Gasteiger partial charge in [-0.05, 0) is 53.8 Å². The van der Waals surface area contributed by atoms with Crippen molar-refractivity contribution in [1.82, 2.24) is 5.32 Å². The molecule has 0 aromatic heterocycles. The Hall–Kier alpha value is -3.13. The van der Waals surface area contributed by atoms with Crippen molar-refractivity contribution in [3.8, 4) is 0 Å². The van der Waals surface area contributed by atoms with Crippen LogP contribution < -0.4 is 5.32 Å². The highest BCUT2D eigenvalue weighted by Gasteiger charge is 2.10. The quantitative estimate of drug-likeness (QED) is 0.604. The summed E-state index contributed by atoms with van der Waals surface area (Å²) in [6.45, 7) is 4.79. The minimum Gasteiger partial charge on any atom is -0.348 e. The fourth-order valence-corrected chi connectivity index (χ4v) is 3.01. The second kappa shape index (κ2) is 8.30. The number of amides is 1. The normalized spacial score (nSPS) is 11.6. The maximum absolute atomic E-state index is 12.3. The van der Waals surface area contributed by atoms with E-state index >= 15 is 0 Å². The zero-order chi connectivity index (χ0) is 18.4. The molecule has 26 heavy (non-hydrogen) atoms. The SMILES string of the molecule is C/C(=C(/C)c1ccccc1CNC(=O)c1ccccc1)c1ccccc1. The van der Waals surface area contributed by atoms with Crippen molar-refractivity contribution in [2.24, 2.45) is 0 Å². The van der Waals surface area contributed by atoms with Gasteiger partial charge < -0.3 is 5.32 Å². The van der Waals surface area contributed by atoms with Crippen LogP contribution in [0.4, 0.5) is 0 Å². The van der Waals surface area contributed by atoms with Crippen LogP contribution in [0, 0.1) is 0 Å². The van der Waals surface area contributed by atoms with E-state index in [1.54, 1.807) is 0 Å². The number of allylic oxidation sites excluding steroid dienone is 2. The fraction of sp³-hybridized carbons (Fsp3) is 0.125. The van der Waals surface area contributed by atoms with Gasteiger partial charge in [0.25, 0.3) is 5.91 Å². The number of rotatable bonds is 5. The van der Waals surface area contributed by atoms with Gasteiger partial charge in [0.1, 0.15) is 0 Å². The van der Waals surface area contributed by atoms with Crippen LogP contribution in [0.1, 0.15) is 40.9 Å². The second-order valence-corrected chi connectivity index (χ2v) is 6.32. The molecule has 0 fully saturated rings. The van der Waals surface area contributed by atoms with Crippen molar-refractivity contribution in [3.05, 3.63) is 107 Å². The summed E-state index contributed by atoms with van der Waals surface area (Å²) in [6.07, 6.45) is 0. The third-order valence-electron chi connectivity index (χ3n) is 4.67. The van der Waals surface area contributed by atoms with Gasteiger partial charge in [0.05, 0.1) is 0 Å². The highest BCUT2D eigenvalue weighted by molar-refractivity contribution is 5.94. The first-order chi connectivity index (χ1) is 12.7. The van der Waals surface area contributed by atoms with E-state index in [9.17, 15) is 4.79 Å². The van der Waals surface area contributed by atoms with Crippen LogP contribution in [0.25, 0.3) is 11.1 Å². The van der Waals surface area contributed by atoms with Crippen molar-refractivity contribution in [1.29, 1.82) is 0 Å². The van der Waals surface area contributed by atoms with Crippen molar-refractivity contribution < 1.29 is 4.79 Å². The fourth-order valence-electron chi connectivity index (χ4n) is 3.01. The summed E-state index contributed by atoms with van der Waals surface area (Å²) in [5, 5.41) is 3.03. The third-order valence-corrected chi connectivity index (χ3v) is 4.67. The number of hydrogen-bond donors (Lipinski definition) is 1. The Morgan fingerprint density at radius 1 is 0.692 bits per heavy atom. The van der Waals surface area contributed by atoms with Gasteiger partial charge in [0.2, 0.25) is 0 Å². The number of nitrogens with one attached hydrogen (secondary N) is 1. The van der Waals surface area contributed by atoms with E-state index in [-0.39, 0.29) is 5.91 Å². The van der Waals surface area contributed by atoms with Crippen LogP contribution in [0.15, 0.2) is 84.9 Å². The van der Waals surface area contributed by atoms with Crippen molar-refractivity contribution in [2.75, 3.05) is 0 Å². The molecule has 130 valence electrons. The van der Waals surface area contributed by atoms with Gasteiger partial charge in [0, 0.05) is 12.1 Å². The lowest BCUT2D eigenvalue weighted by atomic mass is 9.93. The molecule has 3 aromatic rings. The van der Waals surface area contributed by atoms with Crippen molar-refractivity contribution >= 4 is 17.1 Å². The van der Waals surface area contributed by atoms with Crippen LogP contribution in [0.3, 0.4) is 0 Å². The molecule has 0 unspecified atom stereocenters. The summed E-state index contributed by atoms with van der Waals surface area (Å²) < 4.78 is 0. The van der Waals surface area contributed by atoms with E-state index in [0.717, 1.165) is 5.56 Å². The van der Waals surface area contributed by atoms with E-state index in [0.29, 0.717) is 12.1 Å². The van der Waals surface area contributed by atoms with Crippen LogP contribution >= 0.6 is 0 Å². The highest BCUT2D eigenvalue weighted by atomic mass is 16.1. The van der Waals surface area contributed by atoms with E-state index < -0.39 is 0 Å². The molecule has 0 heterocycles. The smallest absolute Gasteiger partial charge is 0.251 e. The van der Waals surface area contributed by atoms with Gasteiger partial charge >= 0.3 is 0 Å². The third kappa shape index (κ3) is 4.09. The van der Waals surface area contributed by atoms with Crippen molar-refractivity contribution in [2.45, 2.75) is 20.4 Å². The predicted octanol–water partition coefficient (Wildman–Crippen LogP) is 5.57. The Morgan fingerprint density at radius 2 is 1.23 bits per heavy atom. The zero-order valence-corrected chi connectivity index (χ0v) is 15.2. The molecule has 0 atom stereocenters. The average molecular weight is 341 g/mol. The van der Waals surface area contributed by atoms with Gasteiger partial charge in [0.15, 0.2) is 0 Å². The first kappa shape index (κ1) is 17.7. The molecule has 0 saturated heterocycles. The van der Waals surface area contributed by atoms with Gasteiger partial charge in [-0.15, -0.1) is 0 Å². The largest absolute Gasteiger partial charge is 0.348 e. The lowest BCUT2D eigenvalue weighted by molar-refractivity contribution is 0.0951. The number of benzene rings is 3. The van der Waals surface area contributed by atoms with Crippen LogP contribution in [0.2, 0.25) is 0 Å². The summed E-state index contributed by atoms with van der Waals surface area (Å²) in [5.74, 6) is -0.0539. The van der Waals surface area contributed by atoms with E-state index in [1.807, 2.05) is 48.5 Å².